The third kappa shape index (κ3) is 3.66. The molecule has 1 aromatic carbocycles. The van der Waals surface area contributed by atoms with Gasteiger partial charge in [-0.25, -0.2) is 12.8 Å². The molecule has 0 aromatic heterocycles. The maximum Gasteiger partial charge on any atom is 0.244 e. The average Bonchev–Trinajstić information content (AvgIpc) is 2.28. The topological polar surface area (TPSA) is 49.4 Å². The second kappa shape index (κ2) is 6.49. The first-order chi connectivity index (χ1) is 8.41. The van der Waals surface area contributed by atoms with Crippen molar-refractivity contribution in [2.75, 3.05) is 19.6 Å². The van der Waals surface area contributed by atoms with E-state index in [-0.39, 0.29) is 27.8 Å². The summed E-state index contributed by atoms with van der Waals surface area (Å²) in [6.45, 7) is 3.41. The summed E-state index contributed by atoms with van der Waals surface area (Å²) in [5.74, 6) is -0.463. The highest BCUT2D eigenvalue weighted by Gasteiger charge is 2.29. The predicted octanol–water partition coefficient (Wildman–Crippen LogP) is 1.99. The lowest BCUT2D eigenvalue weighted by Gasteiger charge is -2.31. The summed E-state index contributed by atoms with van der Waals surface area (Å²) in [6.07, 6.45) is 0. The quantitative estimate of drug-likeness (QED) is 0.862. The number of hydrogen-bond donors (Lipinski definition) is 1. The van der Waals surface area contributed by atoms with Crippen LogP contribution in [0, 0.1) is 5.82 Å². The first-order valence-corrected chi connectivity index (χ1v) is 7.83. The maximum atomic E-state index is 13.0. The Morgan fingerprint density at radius 3 is 2.74 bits per heavy atom. The van der Waals surface area contributed by atoms with E-state index in [0.717, 1.165) is 6.07 Å². The monoisotopic (exact) mass is 372 g/mol. The molecule has 1 atom stereocenters. The molecule has 0 aliphatic carbocycles. The molecule has 0 radical (unpaired) electrons. The summed E-state index contributed by atoms with van der Waals surface area (Å²) in [5.41, 5.74) is 0. The smallest absolute Gasteiger partial charge is 0.244 e. The predicted molar refractivity (Wildman–Crippen MR) is 77.6 cm³/mol. The van der Waals surface area contributed by atoms with E-state index in [2.05, 4.69) is 21.2 Å². The van der Waals surface area contributed by atoms with Crippen molar-refractivity contribution in [2.45, 2.75) is 17.9 Å². The van der Waals surface area contributed by atoms with Gasteiger partial charge in [0.15, 0.2) is 0 Å². The zero-order valence-electron chi connectivity index (χ0n) is 10.3. The van der Waals surface area contributed by atoms with Crippen molar-refractivity contribution < 1.29 is 12.8 Å². The zero-order chi connectivity index (χ0) is 13.3. The van der Waals surface area contributed by atoms with Gasteiger partial charge in [-0.3, -0.25) is 0 Å². The van der Waals surface area contributed by atoms with Crippen LogP contribution in [0.2, 0.25) is 0 Å². The van der Waals surface area contributed by atoms with Gasteiger partial charge in [0.1, 0.15) is 5.82 Å². The van der Waals surface area contributed by atoms with Gasteiger partial charge < -0.3 is 5.32 Å². The van der Waals surface area contributed by atoms with E-state index in [1.54, 1.807) is 0 Å². The highest BCUT2D eigenvalue weighted by molar-refractivity contribution is 9.10. The molecule has 0 saturated carbocycles. The average molecular weight is 374 g/mol. The van der Waals surface area contributed by atoms with Crippen LogP contribution < -0.4 is 5.32 Å². The van der Waals surface area contributed by atoms with Crippen molar-refractivity contribution in [1.29, 1.82) is 0 Å². The van der Waals surface area contributed by atoms with Gasteiger partial charge in [0.2, 0.25) is 10.0 Å². The molecular weight excluding hydrogens is 359 g/mol. The fourth-order valence-electron chi connectivity index (χ4n) is 1.94. The molecule has 0 amide bonds. The van der Waals surface area contributed by atoms with E-state index in [1.165, 1.54) is 16.4 Å². The zero-order valence-corrected chi connectivity index (χ0v) is 13.5. The number of benzene rings is 1. The number of hydrogen-bond acceptors (Lipinski definition) is 3. The van der Waals surface area contributed by atoms with Crippen molar-refractivity contribution in [3.8, 4) is 0 Å². The van der Waals surface area contributed by atoms with Crippen LogP contribution >= 0.6 is 28.3 Å². The Labute approximate surface area is 127 Å². The van der Waals surface area contributed by atoms with Gasteiger partial charge in [0.25, 0.3) is 0 Å². The Kier molecular flexibility index (Phi) is 5.76. The number of piperazine rings is 1. The van der Waals surface area contributed by atoms with Gasteiger partial charge >= 0.3 is 0 Å². The number of sulfonamides is 1. The molecule has 1 saturated heterocycles. The molecule has 0 bridgehead atoms. The minimum atomic E-state index is -3.56. The number of nitrogens with zero attached hydrogens (tertiary/aromatic N) is 1. The van der Waals surface area contributed by atoms with Crippen molar-refractivity contribution in [1.82, 2.24) is 9.62 Å². The molecule has 1 fully saturated rings. The van der Waals surface area contributed by atoms with Gasteiger partial charge in [0.05, 0.1) is 4.90 Å². The van der Waals surface area contributed by atoms with Crippen LogP contribution in [0.15, 0.2) is 27.6 Å². The first-order valence-electron chi connectivity index (χ1n) is 5.60. The van der Waals surface area contributed by atoms with Crippen LogP contribution in [0.4, 0.5) is 4.39 Å². The summed E-state index contributed by atoms with van der Waals surface area (Å²) in [5, 5.41) is 3.18. The lowest BCUT2D eigenvalue weighted by atomic mass is 10.3. The van der Waals surface area contributed by atoms with Gasteiger partial charge in [-0.2, -0.15) is 4.31 Å². The van der Waals surface area contributed by atoms with Crippen molar-refractivity contribution >= 4 is 38.4 Å². The molecular formula is C11H15BrClFN2O2S. The molecule has 1 aliphatic rings. The minimum absolute atomic E-state index is 0. The largest absolute Gasteiger partial charge is 0.312 e. The summed E-state index contributed by atoms with van der Waals surface area (Å²) >= 11 is 3.10. The fourth-order valence-corrected chi connectivity index (χ4v) is 4.48. The van der Waals surface area contributed by atoms with Gasteiger partial charge in [-0.05, 0) is 41.1 Å². The van der Waals surface area contributed by atoms with Gasteiger partial charge in [-0.1, -0.05) is 0 Å². The maximum absolute atomic E-state index is 13.0. The Morgan fingerprint density at radius 2 is 2.16 bits per heavy atom. The van der Waals surface area contributed by atoms with Crippen molar-refractivity contribution in [2.24, 2.45) is 0 Å². The molecule has 1 aromatic rings. The normalized spacial score (nSPS) is 20.9. The van der Waals surface area contributed by atoms with E-state index in [1.807, 2.05) is 6.92 Å². The summed E-state index contributed by atoms with van der Waals surface area (Å²) in [6, 6.07) is 3.73. The van der Waals surface area contributed by atoms with Crippen LogP contribution in [-0.4, -0.2) is 38.4 Å². The molecule has 1 heterocycles. The lowest BCUT2D eigenvalue weighted by molar-refractivity contribution is 0.310. The second-order valence-electron chi connectivity index (χ2n) is 4.29. The molecule has 8 heteroatoms. The van der Waals surface area contributed by atoms with E-state index in [9.17, 15) is 12.8 Å². The molecule has 19 heavy (non-hydrogen) atoms. The Bertz CT molecular complexity index is 556. The molecule has 0 unspecified atom stereocenters. The Hall–Kier alpha value is -0.210. The van der Waals surface area contributed by atoms with Crippen LogP contribution in [0.1, 0.15) is 6.92 Å². The number of nitrogens with one attached hydrogen (secondary N) is 1. The second-order valence-corrected chi connectivity index (χ2v) is 7.05. The number of halogens is 3. The van der Waals surface area contributed by atoms with Crippen molar-refractivity contribution in [3.63, 3.8) is 0 Å². The first kappa shape index (κ1) is 16.8. The van der Waals surface area contributed by atoms with E-state index in [4.69, 9.17) is 0 Å². The van der Waals surface area contributed by atoms with Gasteiger partial charge in [-0.15, -0.1) is 12.4 Å². The Balaban J connectivity index is 0.00000180. The molecule has 1 aliphatic heterocycles. The molecule has 108 valence electrons. The van der Waals surface area contributed by atoms with Crippen LogP contribution in [0.3, 0.4) is 0 Å². The summed E-state index contributed by atoms with van der Waals surface area (Å²) < 4.78 is 39.5. The highest BCUT2D eigenvalue weighted by Crippen LogP contribution is 2.26. The standard InChI is InChI=1S/C11H14BrFN2O2S.ClH/c1-8-7-15(5-4-14-8)18(16,17)11-3-2-9(13)6-10(11)12;/h2-3,6,8,14H,4-5,7H2,1H3;1H/t8-;/m0./s1. The third-order valence-corrected chi connectivity index (χ3v) is 5.69. The van der Waals surface area contributed by atoms with Crippen LogP contribution in [0.5, 0.6) is 0 Å². The SMILES string of the molecule is C[C@H]1CN(S(=O)(=O)c2ccc(F)cc2Br)CCN1.Cl. The lowest BCUT2D eigenvalue weighted by Crippen LogP contribution is -2.51. The number of rotatable bonds is 2. The Morgan fingerprint density at radius 1 is 1.47 bits per heavy atom. The molecule has 1 N–H and O–H groups in total. The summed E-state index contributed by atoms with van der Waals surface area (Å²) in [7, 11) is -3.56. The molecule has 4 nitrogen and oxygen atoms in total. The summed E-state index contributed by atoms with van der Waals surface area (Å²) in [4.78, 5) is 0.109. The van der Waals surface area contributed by atoms with Crippen LogP contribution in [-0.2, 0) is 10.0 Å². The fraction of sp³-hybridized carbons (Fsp3) is 0.455. The molecule has 0 spiro atoms. The third-order valence-electron chi connectivity index (χ3n) is 2.84. The van der Waals surface area contributed by atoms with E-state index in [0.29, 0.717) is 19.6 Å². The van der Waals surface area contributed by atoms with Crippen LogP contribution in [0.25, 0.3) is 0 Å². The molecule has 2 rings (SSSR count). The van der Waals surface area contributed by atoms with Crippen molar-refractivity contribution in [3.05, 3.63) is 28.5 Å². The van der Waals surface area contributed by atoms with Gasteiger partial charge in [0, 0.05) is 30.1 Å². The van der Waals surface area contributed by atoms with E-state index < -0.39 is 15.8 Å². The highest BCUT2D eigenvalue weighted by atomic mass is 79.9. The van der Waals surface area contributed by atoms with E-state index >= 15 is 0 Å². The minimum Gasteiger partial charge on any atom is -0.312 e.